The van der Waals surface area contributed by atoms with E-state index >= 15 is 0 Å². The number of methoxy groups -OCH3 is 1. The number of aryl methyl sites for hydroxylation is 1. The van der Waals surface area contributed by atoms with Crippen LogP contribution in [0.2, 0.25) is 10.0 Å². The van der Waals surface area contributed by atoms with E-state index in [-0.39, 0.29) is 18.5 Å². The van der Waals surface area contributed by atoms with Gasteiger partial charge in [-0.3, -0.25) is 5.32 Å². The van der Waals surface area contributed by atoms with Gasteiger partial charge in [0.1, 0.15) is 11.9 Å². The summed E-state index contributed by atoms with van der Waals surface area (Å²) in [5, 5.41) is 14.7. The molecule has 2 heterocycles. The minimum atomic E-state index is -0.421. The number of ether oxygens (including phenoxy) is 2. The number of carbonyl (C=O) groups excluding carboxylic acids is 1. The van der Waals surface area contributed by atoms with Crippen LogP contribution in [0.3, 0.4) is 0 Å². The fourth-order valence-corrected chi connectivity index (χ4v) is 4.49. The van der Waals surface area contributed by atoms with E-state index in [9.17, 15) is 4.79 Å². The quantitative estimate of drug-likeness (QED) is 0.265. The minimum absolute atomic E-state index is 0. The van der Waals surface area contributed by atoms with Gasteiger partial charge in [0.15, 0.2) is 0 Å². The lowest BCUT2D eigenvalue weighted by Crippen LogP contribution is -2.34. The zero-order valence-electron chi connectivity index (χ0n) is 20.9. The standard InChI is InChI=1S/C26H31Cl2N5O3.ClH/c1-17-24(31-26(34)30-23-16-22(28)21(27)15-18(23)7-6-14-35-2)33(19-8-4-3-5-9-19)32-25(17)36-20-10-12-29-13-11-20;/h3-5,8-9,15-16,20,29H,6-7,10-14H2,1-2H3,(H2,30,31,34);1H. The fourth-order valence-electron chi connectivity index (χ4n) is 4.14. The summed E-state index contributed by atoms with van der Waals surface area (Å²) in [4.78, 5) is 13.2. The summed E-state index contributed by atoms with van der Waals surface area (Å²) < 4.78 is 13.1. The first-order valence-electron chi connectivity index (χ1n) is 12.0. The number of hydrogen-bond acceptors (Lipinski definition) is 5. The highest BCUT2D eigenvalue weighted by atomic mass is 35.5. The van der Waals surface area contributed by atoms with Crippen molar-refractivity contribution < 1.29 is 14.3 Å². The Balaban J connectivity index is 0.00000380. The SMILES string of the molecule is COCCCc1cc(Cl)c(Cl)cc1NC(=O)Nc1c(C)c(OC2CCNCC2)nn1-c1ccccc1.Cl. The molecule has 0 atom stereocenters. The fraction of sp³-hybridized carbons (Fsp3) is 0.385. The highest BCUT2D eigenvalue weighted by molar-refractivity contribution is 6.42. The van der Waals surface area contributed by atoms with Crippen LogP contribution in [-0.2, 0) is 11.2 Å². The maximum Gasteiger partial charge on any atom is 0.324 e. The van der Waals surface area contributed by atoms with Crippen LogP contribution in [0.1, 0.15) is 30.4 Å². The van der Waals surface area contributed by atoms with Crippen molar-refractivity contribution in [1.29, 1.82) is 0 Å². The van der Waals surface area contributed by atoms with Crippen LogP contribution in [0, 0.1) is 6.92 Å². The normalized spacial score (nSPS) is 13.6. The summed E-state index contributed by atoms with van der Waals surface area (Å²) in [6.07, 6.45) is 3.35. The second-order valence-electron chi connectivity index (χ2n) is 8.69. The molecule has 200 valence electrons. The summed E-state index contributed by atoms with van der Waals surface area (Å²) in [7, 11) is 1.66. The smallest absolute Gasteiger partial charge is 0.324 e. The van der Waals surface area contributed by atoms with Crippen molar-refractivity contribution >= 4 is 53.1 Å². The molecule has 3 N–H and O–H groups in total. The third kappa shape index (κ3) is 7.52. The molecule has 1 saturated heterocycles. The summed E-state index contributed by atoms with van der Waals surface area (Å²) in [5.74, 6) is 1.04. The Kier molecular flexibility index (Phi) is 10.9. The molecule has 8 nitrogen and oxygen atoms in total. The van der Waals surface area contributed by atoms with Gasteiger partial charge in [-0.15, -0.1) is 17.5 Å². The van der Waals surface area contributed by atoms with Crippen molar-refractivity contribution in [1.82, 2.24) is 15.1 Å². The number of nitrogens with one attached hydrogen (secondary N) is 3. The lowest BCUT2D eigenvalue weighted by atomic mass is 10.1. The molecule has 0 spiro atoms. The Morgan fingerprint density at radius 1 is 1.14 bits per heavy atom. The van der Waals surface area contributed by atoms with Gasteiger partial charge in [-0.05, 0) is 75.5 Å². The van der Waals surface area contributed by atoms with Crippen molar-refractivity contribution in [2.75, 3.05) is 37.4 Å². The number of para-hydroxylation sites is 1. The molecule has 1 aliphatic rings. The van der Waals surface area contributed by atoms with Gasteiger partial charge in [-0.25, -0.2) is 9.48 Å². The molecule has 1 aromatic heterocycles. The van der Waals surface area contributed by atoms with Crippen LogP contribution >= 0.6 is 35.6 Å². The molecule has 4 rings (SSSR count). The third-order valence-corrected chi connectivity index (χ3v) is 6.79. The number of carbonyl (C=O) groups is 1. The number of halogens is 3. The summed E-state index contributed by atoms with van der Waals surface area (Å²) in [6.45, 7) is 4.31. The first kappa shape index (κ1) is 29.1. The number of anilines is 2. The maximum absolute atomic E-state index is 13.2. The molecule has 0 aliphatic carbocycles. The predicted molar refractivity (Wildman–Crippen MR) is 151 cm³/mol. The number of nitrogens with zero attached hydrogens (tertiary/aromatic N) is 2. The van der Waals surface area contributed by atoms with E-state index in [1.54, 1.807) is 23.9 Å². The van der Waals surface area contributed by atoms with Crippen molar-refractivity contribution in [3.63, 3.8) is 0 Å². The van der Waals surface area contributed by atoms with Crippen LogP contribution in [0.25, 0.3) is 5.69 Å². The van der Waals surface area contributed by atoms with Crippen LogP contribution < -0.4 is 20.7 Å². The Bertz CT molecular complexity index is 1180. The van der Waals surface area contributed by atoms with E-state index in [2.05, 4.69) is 16.0 Å². The predicted octanol–water partition coefficient (Wildman–Crippen LogP) is 6.26. The van der Waals surface area contributed by atoms with Crippen LogP contribution in [-0.4, -0.2) is 48.7 Å². The largest absolute Gasteiger partial charge is 0.473 e. The van der Waals surface area contributed by atoms with Gasteiger partial charge in [-0.1, -0.05) is 41.4 Å². The van der Waals surface area contributed by atoms with Gasteiger partial charge in [-0.2, -0.15) is 0 Å². The Hall–Kier alpha value is -2.49. The molecule has 1 aliphatic heterocycles. The van der Waals surface area contributed by atoms with Gasteiger partial charge in [0.05, 0.1) is 21.3 Å². The molecule has 3 aromatic rings. The topological polar surface area (TPSA) is 89.4 Å². The zero-order valence-corrected chi connectivity index (χ0v) is 23.2. The first-order valence-corrected chi connectivity index (χ1v) is 12.8. The van der Waals surface area contributed by atoms with Crippen LogP contribution in [0.4, 0.5) is 16.3 Å². The van der Waals surface area contributed by atoms with E-state index in [4.69, 9.17) is 37.8 Å². The highest BCUT2D eigenvalue weighted by Crippen LogP contribution is 2.32. The molecular weight excluding hydrogens is 537 g/mol. The van der Waals surface area contributed by atoms with Crippen LogP contribution in [0.5, 0.6) is 5.88 Å². The van der Waals surface area contributed by atoms with E-state index in [1.165, 1.54) is 0 Å². The molecule has 2 amide bonds. The molecule has 0 unspecified atom stereocenters. The summed E-state index contributed by atoms with van der Waals surface area (Å²) in [6, 6.07) is 12.7. The van der Waals surface area contributed by atoms with E-state index in [0.717, 1.165) is 49.2 Å². The lowest BCUT2D eigenvalue weighted by Gasteiger charge is -2.22. The first-order chi connectivity index (χ1) is 17.5. The Morgan fingerprint density at radius 3 is 2.54 bits per heavy atom. The Labute approximate surface area is 233 Å². The van der Waals surface area contributed by atoms with Gasteiger partial charge < -0.3 is 20.1 Å². The minimum Gasteiger partial charge on any atom is -0.473 e. The van der Waals surface area contributed by atoms with E-state index in [1.807, 2.05) is 37.3 Å². The molecule has 0 bridgehead atoms. The third-order valence-electron chi connectivity index (χ3n) is 6.06. The monoisotopic (exact) mass is 567 g/mol. The second kappa shape index (κ2) is 13.9. The Morgan fingerprint density at radius 2 is 1.84 bits per heavy atom. The molecule has 2 aromatic carbocycles. The number of aromatic nitrogens is 2. The van der Waals surface area contributed by atoms with Gasteiger partial charge in [0.2, 0.25) is 5.88 Å². The van der Waals surface area contributed by atoms with Crippen LogP contribution in [0.15, 0.2) is 42.5 Å². The van der Waals surface area contributed by atoms with Crippen molar-refractivity contribution in [2.45, 2.75) is 38.7 Å². The number of benzene rings is 2. The van der Waals surface area contributed by atoms with Gasteiger partial charge in [0.25, 0.3) is 0 Å². The molecule has 1 fully saturated rings. The number of urea groups is 1. The average Bonchev–Trinajstić information content (AvgIpc) is 3.18. The summed E-state index contributed by atoms with van der Waals surface area (Å²) >= 11 is 12.5. The number of hydrogen-bond donors (Lipinski definition) is 3. The van der Waals surface area contributed by atoms with Crippen molar-refractivity contribution in [2.24, 2.45) is 0 Å². The highest BCUT2D eigenvalue weighted by Gasteiger charge is 2.23. The number of amides is 2. The molecule has 11 heteroatoms. The summed E-state index contributed by atoms with van der Waals surface area (Å²) in [5.41, 5.74) is 3.03. The van der Waals surface area contributed by atoms with Gasteiger partial charge >= 0.3 is 6.03 Å². The molecule has 0 saturated carbocycles. The molecular formula is C26H32Cl3N5O3. The van der Waals surface area contributed by atoms with Gasteiger partial charge in [0, 0.05) is 19.4 Å². The van der Waals surface area contributed by atoms with Crippen molar-refractivity contribution in [3.05, 3.63) is 63.6 Å². The maximum atomic E-state index is 13.2. The average molecular weight is 569 g/mol. The molecule has 37 heavy (non-hydrogen) atoms. The van der Waals surface area contributed by atoms with Crippen molar-refractivity contribution in [3.8, 4) is 11.6 Å². The number of piperidine rings is 1. The second-order valence-corrected chi connectivity index (χ2v) is 9.51. The number of rotatable bonds is 9. The van der Waals surface area contributed by atoms with E-state index in [0.29, 0.717) is 40.5 Å². The molecule has 0 radical (unpaired) electrons. The van der Waals surface area contributed by atoms with E-state index < -0.39 is 6.03 Å². The lowest BCUT2D eigenvalue weighted by molar-refractivity contribution is 0.154. The zero-order chi connectivity index (χ0) is 25.5.